The van der Waals surface area contributed by atoms with Gasteiger partial charge in [-0.25, -0.2) is 9.78 Å². The van der Waals surface area contributed by atoms with Gasteiger partial charge >= 0.3 is 5.97 Å². The summed E-state index contributed by atoms with van der Waals surface area (Å²) in [7, 11) is -3.19. The number of pyridine rings is 1. The van der Waals surface area contributed by atoms with Gasteiger partial charge in [0.05, 0.1) is 24.0 Å². The van der Waals surface area contributed by atoms with E-state index >= 15 is 4.57 Å². The highest BCUT2D eigenvalue weighted by atomic mass is 32.1. The Bertz CT molecular complexity index is 1640. The topological polar surface area (TPSA) is 56.3 Å². The number of rotatable bonds is 7. The Kier molecular flexibility index (Phi) is 7.20. The molecule has 3 aromatic carbocycles. The van der Waals surface area contributed by atoms with E-state index in [2.05, 4.69) is 0 Å². The summed E-state index contributed by atoms with van der Waals surface area (Å²) in [6.07, 6.45) is 4.43. The third-order valence-corrected chi connectivity index (χ3v) is 11.6. The predicted octanol–water partition coefficient (Wildman–Crippen LogP) is 7.53. The molecule has 0 bridgehead atoms. The number of aromatic nitrogens is 1. The standard InChI is InChI=1S/C33H30NO3PS/c1-2-37-33(35)31-27(22-38(36,24-16-8-4-9-17-24)25-18-10-5-11-19-25)34-32-30(26-20-12-13-21-28(26)39-32)29(31)23-14-6-3-7-15-23/h3-11,14-19H,2,12-13,20-22H2,1H3. The Labute approximate surface area is 233 Å². The quantitative estimate of drug-likeness (QED) is 0.155. The van der Waals surface area contributed by atoms with Crippen LogP contribution in [0.4, 0.5) is 0 Å². The number of esters is 1. The van der Waals surface area contributed by atoms with Crippen molar-refractivity contribution in [3.8, 4) is 11.1 Å². The van der Waals surface area contributed by atoms with Gasteiger partial charge in [0, 0.05) is 26.4 Å². The van der Waals surface area contributed by atoms with Gasteiger partial charge in [-0.15, -0.1) is 11.3 Å². The average molecular weight is 552 g/mol. The summed E-state index contributed by atoms with van der Waals surface area (Å²) < 4.78 is 20.8. The Morgan fingerprint density at radius 3 is 2.08 bits per heavy atom. The zero-order valence-electron chi connectivity index (χ0n) is 21.9. The van der Waals surface area contributed by atoms with Crippen molar-refractivity contribution in [3.05, 3.63) is 113 Å². The van der Waals surface area contributed by atoms with Crippen LogP contribution in [0.3, 0.4) is 0 Å². The average Bonchev–Trinajstić information content (AvgIpc) is 3.36. The van der Waals surface area contributed by atoms with Gasteiger partial charge in [-0.05, 0) is 43.7 Å². The molecule has 196 valence electrons. The summed E-state index contributed by atoms with van der Waals surface area (Å²) >= 11 is 1.72. The largest absolute Gasteiger partial charge is 0.462 e. The van der Waals surface area contributed by atoms with Crippen molar-refractivity contribution in [2.24, 2.45) is 0 Å². The van der Waals surface area contributed by atoms with E-state index in [0.717, 1.165) is 57.6 Å². The number of hydrogen-bond donors (Lipinski definition) is 0. The van der Waals surface area contributed by atoms with E-state index in [0.29, 0.717) is 11.3 Å². The highest BCUT2D eigenvalue weighted by Gasteiger charge is 2.34. The summed E-state index contributed by atoms with van der Waals surface area (Å²) in [5.41, 5.74) is 4.10. The summed E-state index contributed by atoms with van der Waals surface area (Å²) in [5.74, 6) is -0.413. The molecule has 4 nitrogen and oxygen atoms in total. The normalized spacial score (nSPS) is 13.3. The van der Waals surface area contributed by atoms with Gasteiger partial charge in [0.25, 0.3) is 0 Å². The van der Waals surface area contributed by atoms with Crippen molar-refractivity contribution < 1.29 is 14.1 Å². The molecule has 0 atom stereocenters. The maximum atomic E-state index is 15.1. The highest BCUT2D eigenvalue weighted by Crippen LogP contribution is 2.50. The van der Waals surface area contributed by atoms with Crippen LogP contribution in [0.1, 0.15) is 46.3 Å². The first-order valence-corrected chi connectivity index (χ1v) is 16.2. The van der Waals surface area contributed by atoms with Crippen molar-refractivity contribution in [2.75, 3.05) is 6.61 Å². The molecular weight excluding hydrogens is 521 g/mol. The highest BCUT2D eigenvalue weighted by molar-refractivity contribution is 7.78. The van der Waals surface area contributed by atoms with E-state index < -0.39 is 13.1 Å². The molecule has 5 aromatic rings. The van der Waals surface area contributed by atoms with Crippen LogP contribution in [0.25, 0.3) is 21.3 Å². The fraction of sp³-hybridized carbons (Fsp3) is 0.212. The number of carbonyl (C=O) groups is 1. The number of ether oxygens (including phenoxy) is 1. The fourth-order valence-corrected chi connectivity index (χ4v) is 9.56. The van der Waals surface area contributed by atoms with Gasteiger partial charge in [-0.2, -0.15) is 0 Å². The number of benzene rings is 3. The van der Waals surface area contributed by atoms with Crippen LogP contribution in [0.2, 0.25) is 0 Å². The van der Waals surface area contributed by atoms with Gasteiger partial charge < -0.3 is 9.30 Å². The van der Waals surface area contributed by atoms with Gasteiger partial charge in [-0.1, -0.05) is 91.0 Å². The molecule has 6 rings (SSSR count). The molecule has 2 aromatic heterocycles. The lowest BCUT2D eigenvalue weighted by atomic mass is 9.90. The minimum Gasteiger partial charge on any atom is -0.462 e. The Morgan fingerprint density at radius 2 is 1.46 bits per heavy atom. The summed E-state index contributed by atoms with van der Waals surface area (Å²) in [4.78, 5) is 21.2. The lowest BCUT2D eigenvalue weighted by molar-refractivity contribution is 0.0526. The van der Waals surface area contributed by atoms with Crippen molar-refractivity contribution in [1.29, 1.82) is 0 Å². The summed E-state index contributed by atoms with van der Waals surface area (Å²) in [6, 6.07) is 29.2. The van der Waals surface area contributed by atoms with E-state index in [-0.39, 0.29) is 12.8 Å². The van der Waals surface area contributed by atoms with Crippen molar-refractivity contribution in [2.45, 2.75) is 38.8 Å². The molecule has 1 aliphatic rings. The maximum absolute atomic E-state index is 15.1. The SMILES string of the molecule is CCOC(=O)c1c(CP(=O)(c2ccccc2)c2ccccc2)nc2sc3c(c2c1-c1ccccc1)CCCC3. The molecule has 0 fully saturated rings. The molecule has 6 heteroatoms. The maximum Gasteiger partial charge on any atom is 0.340 e. The molecular formula is C33H30NO3PS. The van der Waals surface area contributed by atoms with Crippen molar-refractivity contribution in [1.82, 2.24) is 4.98 Å². The van der Waals surface area contributed by atoms with Crippen molar-refractivity contribution >= 4 is 45.3 Å². The molecule has 0 unspecified atom stereocenters. The second kappa shape index (κ2) is 10.9. The fourth-order valence-electron chi connectivity index (χ4n) is 5.65. The first kappa shape index (κ1) is 25.7. The van der Waals surface area contributed by atoms with Gasteiger partial charge in [-0.3, -0.25) is 0 Å². The Balaban J connectivity index is 1.67. The van der Waals surface area contributed by atoms with Gasteiger partial charge in [0.2, 0.25) is 0 Å². The molecule has 1 aliphatic carbocycles. The Morgan fingerprint density at radius 1 is 0.872 bits per heavy atom. The van der Waals surface area contributed by atoms with Crippen LogP contribution in [0.5, 0.6) is 0 Å². The number of hydrogen-bond acceptors (Lipinski definition) is 5. The molecule has 0 radical (unpaired) electrons. The molecule has 0 saturated heterocycles. The number of nitrogens with zero attached hydrogens (tertiary/aromatic N) is 1. The van der Waals surface area contributed by atoms with Crippen LogP contribution in [0, 0.1) is 0 Å². The van der Waals surface area contributed by atoms with Crippen molar-refractivity contribution in [3.63, 3.8) is 0 Å². The first-order chi connectivity index (χ1) is 19.1. The van der Waals surface area contributed by atoms with E-state index in [4.69, 9.17) is 9.72 Å². The number of carbonyl (C=O) groups excluding carboxylic acids is 1. The molecule has 0 aliphatic heterocycles. The smallest absolute Gasteiger partial charge is 0.340 e. The minimum atomic E-state index is -3.19. The lowest BCUT2D eigenvalue weighted by Gasteiger charge is -2.22. The van der Waals surface area contributed by atoms with Crippen LogP contribution < -0.4 is 10.6 Å². The number of fused-ring (bicyclic) bond motifs is 3. The molecule has 0 amide bonds. The zero-order chi connectivity index (χ0) is 26.8. The van der Waals surface area contributed by atoms with Crippen LogP contribution >= 0.6 is 18.5 Å². The third-order valence-electron chi connectivity index (χ3n) is 7.44. The molecule has 0 saturated carbocycles. The zero-order valence-corrected chi connectivity index (χ0v) is 23.6. The van der Waals surface area contributed by atoms with E-state index in [9.17, 15) is 4.79 Å². The van der Waals surface area contributed by atoms with Crippen LogP contribution in [0.15, 0.2) is 91.0 Å². The molecule has 39 heavy (non-hydrogen) atoms. The monoisotopic (exact) mass is 551 g/mol. The second-order valence-electron chi connectivity index (χ2n) is 9.85. The van der Waals surface area contributed by atoms with Crippen LogP contribution in [-0.4, -0.2) is 17.6 Å². The van der Waals surface area contributed by atoms with E-state index in [1.807, 2.05) is 97.9 Å². The minimum absolute atomic E-state index is 0.132. The van der Waals surface area contributed by atoms with E-state index in [1.54, 1.807) is 11.3 Å². The predicted molar refractivity (Wildman–Crippen MR) is 161 cm³/mol. The second-order valence-corrected chi connectivity index (χ2v) is 13.8. The number of aryl methyl sites for hydroxylation is 2. The van der Waals surface area contributed by atoms with E-state index in [1.165, 1.54) is 10.4 Å². The lowest BCUT2D eigenvalue weighted by Crippen LogP contribution is -2.20. The van der Waals surface area contributed by atoms with Crippen LogP contribution in [-0.2, 0) is 28.3 Å². The van der Waals surface area contributed by atoms with Gasteiger partial charge in [0.1, 0.15) is 12.0 Å². The van der Waals surface area contributed by atoms with Gasteiger partial charge in [0.15, 0.2) is 0 Å². The molecule has 0 N–H and O–H groups in total. The molecule has 2 heterocycles. The number of thiophene rings is 1. The molecule has 0 spiro atoms. The summed E-state index contributed by atoms with van der Waals surface area (Å²) in [6.45, 7) is 2.07. The third kappa shape index (κ3) is 4.75. The summed E-state index contributed by atoms with van der Waals surface area (Å²) in [5, 5.41) is 2.56. The Hall–Kier alpha value is -3.53. The first-order valence-electron chi connectivity index (χ1n) is 13.5.